The van der Waals surface area contributed by atoms with Gasteiger partial charge in [-0.15, -0.1) is 0 Å². The third kappa shape index (κ3) is 122. The minimum Gasteiger partial charge on any atom is -0.397 e. The second-order valence-corrected chi connectivity index (χ2v) is 22.4. The van der Waals surface area contributed by atoms with Crippen molar-refractivity contribution in [1.29, 1.82) is 0 Å². The molecular weight excluding hydrogens is 1040 g/mol. The van der Waals surface area contributed by atoms with Crippen LogP contribution in [-0.2, 0) is 28.8 Å². The van der Waals surface area contributed by atoms with Crippen LogP contribution in [0.25, 0.3) is 0 Å². The summed E-state index contributed by atoms with van der Waals surface area (Å²) in [7, 11) is 0. The molecule has 0 amide bonds. The van der Waals surface area contributed by atoms with Gasteiger partial charge in [-0.2, -0.15) is 0 Å². The van der Waals surface area contributed by atoms with Crippen molar-refractivity contribution in [3.8, 4) is 0 Å². The zero-order valence-corrected chi connectivity index (χ0v) is 56.5. The number of unbranched alkanes of at least 4 members (excludes halogenated alkanes) is 7. The van der Waals surface area contributed by atoms with E-state index in [-0.39, 0.29) is 62.7 Å². The van der Waals surface area contributed by atoms with E-state index in [9.17, 15) is 28.8 Å². The van der Waals surface area contributed by atoms with E-state index in [4.69, 9.17) is 10.2 Å². The predicted octanol–water partition coefficient (Wildman–Crippen LogP) is 25.4. The summed E-state index contributed by atoms with van der Waals surface area (Å²) >= 11 is 0. The van der Waals surface area contributed by atoms with Gasteiger partial charge in [-0.3, -0.25) is 14.4 Å². The molecule has 8 nitrogen and oxygen atoms in total. The molecule has 0 spiro atoms. The maximum Gasteiger partial charge on any atom is 0.132 e. The second-order valence-electron chi connectivity index (χ2n) is 22.4. The Morgan fingerprint density at radius 3 is 0.667 bits per heavy atom. The lowest BCUT2D eigenvalue weighted by Crippen LogP contribution is -2.07. The highest BCUT2D eigenvalue weighted by atomic mass is 16.3. The molecule has 5 atom stereocenters. The Morgan fingerprint density at radius 1 is 0.262 bits per heavy atom. The average molecular weight is 1210 g/mol. The van der Waals surface area contributed by atoms with Crippen molar-refractivity contribution in [3.05, 3.63) is 0 Å². The van der Waals surface area contributed by atoms with Crippen molar-refractivity contribution in [1.82, 2.24) is 0 Å². The quantitative estimate of drug-likeness (QED) is 0.0575. The molecule has 0 aliphatic rings. The summed E-state index contributed by atoms with van der Waals surface area (Å²) in [4.78, 5) is 64.5. The molecule has 0 heterocycles. The number of carbonyl (C=O) groups is 6. The molecule has 0 saturated carbocycles. The van der Waals surface area contributed by atoms with Crippen LogP contribution >= 0.6 is 0 Å². The maximum atomic E-state index is 12.0. The van der Waals surface area contributed by atoms with Crippen LogP contribution in [0.2, 0.25) is 0 Å². The fourth-order valence-electron chi connectivity index (χ4n) is 8.46. The van der Waals surface area contributed by atoms with Crippen LogP contribution in [0, 0.1) is 29.6 Å². The molecule has 0 aliphatic carbocycles. The number of hydrogen-bond donors (Lipinski definition) is 2. The van der Waals surface area contributed by atoms with Crippen molar-refractivity contribution >= 4 is 34.7 Å². The van der Waals surface area contributed by atoms with Crippen LogP contribution in [-0.4, -0.2) is 58.1 Å². The highest BCUT2D eigenvalue weighted by Crippen LogP contribution is 2.23. The SMILES string of the molecule is C.C.C.C.C.C.CC(C)=O.CCCC(=O)CCC.CCCC(C)=O.CCCCC(CC)CCC(=O)CCC(CC)CCCC.CCCCC(CC)CCC(C)=O.CCCCC(CC)CO.CCCCCC(=O)CCC(CC)CCCC.CCO. The van der Waals surface area contributed by atoms with E-state index in [0.717, 1.165) is 133 Å². The molecule has 0 radical (unpaired) electrons. The molecule has 84 heavy (non-hydrogen) atoms. The molecule has 520 valence electrons. The smallest absolute Gasteiger partial charge is 0.132 e. The van der Waals surface area contributed by atoms with Crippen molar-refractivity contribution in [2.24, 2.45) is 29.6 Å². The van der Waals surface area contributed by atoms with Gasteiger partial charge in [0.15, 0.2) is 0 Å². The van der Waals surface area contributed by atoms with Crippen LogP contribution in [0.3, 0.4) is 0 Å². The topological polar surface area (TPSA) is 143 Å². The lowest BCUT2D eigenvalue weighted by atomic mass is 9.90. The Kier molecular flexibility index (Phi) is 142. The zero-order valence-electron chi connectivity index (χ0n) is 56.5. The van der Waals surface area contributed by atoms with Crippen LogP contribution in [0.4, 0.5) is 0 Å². The predicted molar refractivity (Wildman–Crippen MR) is 385 cm³/mol. The molecule has 0 fully saturated rings. The van der Waals surface area contributed by atoms with Crippen molar-refractivity contribution in [2.45, 2.75) is 420 Å². The molecule has 8 heteroatoms. The number of carbonyl (C=O) groups excluding carboxylic acids is 6. The van der Waals surface area contributed by atoms with E-state index in [2.05, 4.69) is 76.2 Å². The first-order valence-electron chi connectivity index (χ1n) is 33.4. The summed E-state index contributed by atoms with van der Waals surface area (Å²) in [5.41, 5.74) is 0. The minimum absolute atomic E-state index is 0. The van der Waals surface area contributed by atoms with Gasteiger partial charge < -0.3 is 24.6 Å². The van der Waals surface area contributed by atoms with E-state index in [0.29, 0.717) is 35.7 Å². The van der Waals surface area contributed by atoms with Gasteiger partial charge in [-0.25, -0.2) is 0 Å². The van der Waals surface area contributed by atoms with E-state index in [1.165, 1.54) is 149 Å². The van der Waals surface area contributed by atoms with Crippen LogP contribution in [0.1, 0.15) is 420 Å². The lowest BCUT2D eigenvalue weighted by molar-refractivity contribution is -0.120. The summed E-state index contributed by atoms with van der Waals surface area (Å²) in [5.74, 6) is 5.89. The molecule has 5 unspecified atom stereocenters. The van der Waals surface area contributed by atoms with Gasteiger partial charge >= 0.3 is 0 Å². The van der Waals surface area contributed by atoms with Crippen molar-refractivity contribution in [2.75, 3.05) is 13.2 Å². The molecule has 0 rings (SSSR count). The van der Waals surface area contributed by atoms with Gasteiger partial charge in [0.1, 0.15) is 34.7 Å². The number of hydrogen-bond acceptors (Lipinski definition) is 8. The molecule has 0 aromatic rings. The fraction of sp³-hybridized carbons (Fsp3) is 0.921. The molecule has 0 saturated heterocycles. The number of aliphatic hydroxyl groups is 2. The molecular formula is C76H168O8. The number of aliphatic hydroxyl groups excluding tert-OH is 2. The Morgan fingerprint density at radius 2 is 0.476 bits per heavy atom. The van der Waals surface area contributed by atoms with Gasteiger partial charge in [0.2, 0.25) is 0 Å². The second kappa shape index (κ2) is 103. The summed E-state index contributed by atoms with van der Waals surface area (Å²) in [6, 6.07) is 0. The summed E-state index contributed by atoms with van der Waals surface area (Å²) in [5, 5.41) is 16.3. The molecule has 0 bridgehead atoms. The number of rotatable bonds is 43. The number of Topliss-reactive ketones (excluding diaryl/α,β-unsaturated/α-hetero) is 6. The van der Waals surface area contributed by atoms with Gasteiger partial charge in [0.25, 0.3) is 0 Å². The van der Waals surface area contributed by atoms with Gasteiger partial charge in [-0.1, -0.05) is 276 Å². The minimum atomic E-state index is 0. The Labute approximate surface area is 534 Å². The molecule has 0 aromatic carbocycles. The lowest BCUT2D eigenvalue weighted by Gasteiger charge is -2.15. The van der Waals surface area contributed by atoms with Crippen molar-refractivity contribution < 1.29 is 39.0 Å². The Hall–Kier alpha value is -2.06. The van der Waals surface area contributed by atoms with Gasteiger partial charge in [0.05, 0.1) is 0 Å². The van der Waals surface area contributed by atoms with Crippen molar-refractivity contribution in [3.63, 3.8) is 0 Å². The van der Waals surface area contributed by atoms with E-state index in [1.807, 2.05) is 20.8 Å². The summed E-state index contributed by atoms with van der Waals surface area (Å²) in [6.07, 6.45) is 42.7. The molecule has 0 aromatic heterocycles. The van der Waals surface area contributed by atoms with E-state index in [1.54, 1.807) is 20.8 Å². The molecule has 2 N–H and O–H groups in total. The first-order valence-corrected chi connectivity index (χ1v) is 33.4. The highest BCUT2D eigenvalue weighted by molar-refractivity contribution is 5.79. The highest BCUT2D eigenvalue weighted by Gasteiger charge is 2.13. The third-order valence-corrected chi connectivity index (χ3v) is 14.1. The first kappa shape index (κ1) is 116. The Balaban J connectivity index is -0.0000000581. The summed E-state index contributed by atoms with van der Waals surface area (Å²) < 4.78 is 0. The third-order valence-electron chi connectivity index (χ3n) is 14.1. The summed E-state index contributed by atoms with van der Waals surface area (Å²) in [6.45, 7) is 39.2. The Bertz CT molecular complexity index is 1160. The van der Waals surface area contributed by atoms with Crippen LogP contribution in [0.15, 0.2) is 0 Å². The van der Waals surface area contributed by atoms with Gasteiger partial charge in [0, 0.05) is 64.6 Å². The van der Waals surface area contributed by atoms with Crippen LogP contribution in [0.5, 0.6) is 0 Å². The standard InChI is InChI=1S/C19H38O.C15H30O.C11H22O.C8H18O.C7H14O.C5H10O.C3H6O.C2H6O.6CH4/c1-5-9-11-17(7-3)13-15-19(20)16-14-18(8-4)12-10-6-2;1-4-7-9-11-15(16)13-12-14(6-3)10-8-5-2;1-4-6-7-11(5-2)9-8-10(3)12;1-3-5-6-8(4-2)7-9;1-3-5-7(8)6-4-2;1-3-4-5(2)6;1-3(2)4;1-2-3;;;;;;/h17-18H,5-16H2,1-4H3;14H,4-13H2,1-3H3;11H,4-9H2,1-3H3;8-9H,3-7H2,1-2H3;3-6H2,1-2H3;3-4H2,1-2H3;1-2H3;3H,2H2,1H3;6*1H4. The normalized spacial score (nSPS) is 11.1. The maximum absolute atomic E-state index is 12.0. The van der Waals surface area contributed by atoms with Crippen LogP contribution < -0.4 is 0 Å². The van der Waals surface area contributed by atoms with Gasteiger partial charge in [-0.05, 0) is 122 Å². The largest absolute Gasteiger partial charge is 0.397 e. The average Bonchev–Trinajstić information content (AvgIpc) is 3.40. The fourth-order valence-corrected chi connectivity index (χ4v) is 8.46. The number of ketones is 6. The molecule has 0 aliphatic heterocycles. The van der Waals surface area contributed by atoms with E-state index < -0.39 is 0 Å². The first-order chi connectivity index (χ1) is 37.2. The zero-order chi connectivity index (χ0) is 61.6. The monoisotopic (exact) mass is 1210 g/mol. The van der Waals surface area contributed by atoms with E-state index >= 15 is 0 Å².